The van der Waals surface area contributed by atoms with E-state index < -0.39 is 10.4 Å². The lowest BCUT2D eigenvalue weighted by Crippen LogP contribution is -2.39. The molecule has 1 heterocycles. The fourth-order valence-electron chi connectivity index (χ4n) is 4.19. The van der Waals surface area contributed by atoms with E-state index in [0.29, 0.717) is 24.2 Å². The minimum absolute atomic E-state index is 0.243. The van der Waals surface area contributed by atoms with Crippen LogP contribution >= 0.6 is 23.2 Å². The second kappa shape index (κ2) is 10.1. The molecule has 0 aliphatic carbocycles. The van der Waals surface area contributed by atoms with Crippen LogP contribution in [0.3, 0.4) is 0 Å². The van der Waals surface area contributed by atoms with Crippen molar-refractivity contribution in [1.29, 1.82) is 0 Å². The predicted molar refractivity (Wildman–Crippen MR) is 128 cm³/mol. The maximum atomic E-state index is 12.4. The number of hydrogen-bond acceptors (Lipinski definition) is 2. The number of hydrogen-bond donors (Lipinski definition) is 1. The van der Waals surface area contributed by atoms with Gasteiger partial charge in [0.1, 0.15) is 6.10 Å². The van der Waals surface area contributed by atoms with Crippen molar-refractivity contribution in [3.05, 3.63) is 47.0 Å². The maximum Gasteiger partial charge on any atom is 0.259 e. The van der Waals surface area contributed by atoms with Crippen LogP contribution in [0.2, 0.25) is 0 Å². The van der Waals surface area contributed by atoms with Crippen LogP contribution < -0.4 is 5.32 Å². The molecule has 1 fully saturated rings. The molecule has 1 N–H and O–H groups in total. The van der Waals surface area contributed by atoms with Gasteiger partial charge < -0.3 is 10.1 Å². The zero-order valence-corrected chi connectivity index (χ0v) is 20.9. The third kappa shape index (κ3) is 5.23. The summed E-state index contributed by atoms with van der Waals surface area (Å²) < 4.78 is 4.89. The van der Waals surface area contributed by atoms with E-state index in [2.05, 4.69) is 65.6 Å². The first-order valence-corrected chi connectivity index (χ1v) is 11.8. The molecule has 168 valence electrons. The van der Waals surface area contributed by atoms with Crippen LogP contribution in [0.25, 0.3) is 0 Å². The van der Waals surface area contributed by atoms with Gasteiger partial charge in [-0.15, -0.1) is 6.58 Å². The average Bonchev–Trinajstić information content (AvgIpc) is 2.87. The quantitative estimate of drug-likeness (QED) is 0.318. The van der Waals surface area contributed by atoms with Crippen molar-refractivity contribution in [2.24, 2.45) is 0 Å². The monoisotopic (exact) mass is 453 g/mol. The summed E-state index contributed by atoms with van der Waals surface area (Å²) in [6.07, 6.45) is 2.39. The number of allylic oxidation sites excluding steroid dienone is 1. The van der Waals surface area contributed by atoms with Crippen LogP contribution in [-0.2, 0) is 9.53 Å². The van der Waals surface area contributed by atoms with Crippen LogP contribution in [0, 0.1) is 0 Å². The van der Waals surface area contributed by atoms with Crippen molar-refractivity contribution in [3.63, 3.8) is 0 Å². The van der Waals surface area contributed by atoms with Crippen molar-refractivity contribution < 1.29 is 9.53 Å². The number of amides is 1. The summed E-state index contributed by atoms with van der Waals surface area (Å²) in [6, 6.07) is 4.37. The largest absolute Gasteiger partial charge is 0.365 e. The Labute approximate surface area is 192 Å². The summed E-state index contributed by atoms with van der Waals surface area (Å²) >= 11 is 12.9. The van der Waals surface area contributed by atoms with Gasteiger partial charge in [-0.1, -0.05) is 83.0 Å². The topological polar surface area (TPSA) is 38.3 Å². The molecule has 5 heteroatoms. The number of rotatable bonds is 9. The average molecular weight is 454 g/mol. The normalized spacial score (nSPS) is 22.1. The van der Waals surface area contributed by atoms with Gasteiger partial charge in [0.25, 0.3) is 5.91 Å². The number of nitrogens with one attached hydrogen (secondary N) is 1. The van der Waals surface area contributed by atoms with Crippen LogP contribution in [0.15, 0.2) is 24.8 Å². The van der Waals surface area contributed by atoms with Gasteiger partial charge in [-0.25, -0.2) is 0 Å². The Morgan fingerprint density at radius 2 is 1.60 bits per heavy atom. The van der Waals surface area contributed by atoms with E-state index in [9.17, 15) is 4.79 Å². The highest BCUT2D eigenvalue weighted by Gasteiger charge is 2.54. The molecule has 0 saturated carbocycles. The first kappa shape index (κ1) is 25.2. The molecule has 0 unspecified atom stereocenters. The third-order valence-corrected chi connectivity index (χ3v) is 6.73. The highest BCUT2D eigenvalue weighted by atomic mass is 35.5. The predicted octanol–water partition coefficient (Wildman–Crippen LogP) is 7.14. The highest BCUT2D eigenvalue weighted by molar-refractivity contribution is 6.59. The molecule has 3 atom stereocenters. The fourth-order valence-corrected chi connectivity index (χ4v) is 4.71. The molecule has 1 aliphatic heterocycles. The number of benzene rings is 1. The first-order chi connectivity index (χ1) is 13.9. The van der Waals surface area contributed by atoms with Crippen molar-refractivity contribution in [2.45, 2.75) is 102 Å². The Morgan fingerprint density at radius 1 is 1.07 bits per heavy atom. The van der Waals surface area contributed by atoms with Crippen molar-refractivity contribution >= 4 is 29.1 Å². The zero-order chi connectivity index (χ0) is 22.8. The van der Waals surface area contributed by atoms with Crippen LogP contribution in [-0.4, -0.2) is 22.4 Å². The Morgan fingerprint density at radius 3 is 2.03 bits per heavy atom. The van der Waals surface area contributed by atoms with E-state index >= 15 is 0 Å². The highest BCUT2D eigenvalue weighted by Crippen LogP contribution is 2.42. The van der Waals surface area contributed by atoms with Crippen molar-refractivity contribution in [3.8, 4) is 0 Å². The number of halogens is 2. The van der Waals surface area contributed by atoms with Gasteiger partial charge in [0.15, 0.2) is 0 Å². The SMILES string of the molecule is C=CCC[C@@H]1NC(=O)C(Cl)(Cl)[C@H]1O[C@@H](C)c1c(C(C)C)cc(C(C)C)cc1C(C)C. The lowest BCUT2D eigenvalue weighted by atomic mass is 9.82. The summed E-state index contributed by atoms with van der Waals surface area (Å²) in [4.78, 5) is 12.4. The van der Waals surface area contributed by atoms with E-state index in [1.807, 2.05) is 13.0 Å². The second-order valence-corrected chi connectivity index (χ2v) is 10.7. The van der Waals surface area contributed by atoms with E-state index in [1.54, 1.807) is 0 Å². The smallest absolute Gasteiger partial charge is 0.259 e. The van der Waals surface area contributed by atoms with E-state index in [4.69, 9.17) is 27.9 Å². The molecule has 0 bridgehead atoms. The van der Waals surface area contributed by atoms with Gasteiger partial charge in [-0.3, -0.25) is 4.79 Å². The first-order valence-electron chi connectivity index (χ1n) is 11.0. The number of ether oxygens (including phenoxy) is 1. The summed E-state index contributed by atoms with van der Waals surface area (Å²) in [7, 11) is 0. The molecule has 3 nitrogen and oxygen atoms in total. The fraction of sp³-hybridized carbons (Fsp3) is 0.640. The molecule has 2 rings (SSSR count). The molecule has 1 aromatic rings. The molecule has 1 aromatic carbocycles. The minimum Gasteiger partial charge on any atom is -0.365 e. The third-order valence-electron chi connectivity index (χ3n) is 5.96. The Kier molecular flexibility index (Phi) is 8.46. The van der Waals surface area contributed by atoms with E-state index in [-0.39, 0.29) is 18.1 Å². The molecule has 30 heavy (non-hydrogen) atoms. The lowest BCUT2D eigenvalue weighted by Gasteiger charge is -2.32. The standard InChI is InChI=1S/C25H37Cl2NO2/c1-9-10-11-21-23(25(26,27)24(29)28-21)30-17(8)22-19(15(4)5)12-18(14(2)3)13-20(22)16(6)7/h9,12-17,21,23H,1,10-11H2,2-8H3,(H,28,29)/t17-,21-,23-/m0/s1. The van der Waals surface area contributed by atoms with E-state index in [0.717, 1.165) is 6.42 Å². The number of carbonyl (C=O) groups excluding carboxylic acids is 1. The summed E-state index contributed by atoms with van der Waals surface area (Å²) in [5, 5.41) is 2.91. The van der Waals surface area contributed by atoms with Gasteiger partial charge >= 0.3 is 0 Å². The summed E-state index contributed by atoms with van der Waals surface area (Å²) in [5.41, 5.74) is 5.10. The van der Waals surface area contributed by atoms with E-state index in [1.165, 1.54) is 22.3 Å². The molecule has 1 amide bonds. The Bertz CT molecular complexity index is 741. The van der Waals surface area contributed by atoms with Crippen molar-refractivity contribution in [2.75, 3.05) is 0 Å². The molecule has 0 radical (unpaired) electrons. The Hall–Kier alpha value is -1.03. The molecular formula is C25H37Cl2NO2. The molecule has 0 spiro atoms. The van der Waals surface area contributed by atoms with Crippen LogP contribution in [0.5, 0.6) is 0 Å². The Balaban J connectivity index is 2.49. The van der Waals surface area contributed by atoms with Crippen LogP contribution in [0.1, 0.15) is 107 Å². The summed E-state index contributed by atoms with van der Waals surface area (Å²) in [5.74, 6) is 0.752. The maximum absolute atomic E-state index is 12.4. The van der Waals surface area contributed by atoms with Gasteiger partial charge in [-0.05, 0) is 59.8 Å². The molecule has 1 aliphatic rings. The number of alkyl halides is 2. The zero-order valence-electron chi connectivity index (χ0n) is 19.4. The van der Waals surface area contributed by atoms with Gasteiger partial charge in [0, 0.05) is 0 Å². The summed E-state index contributed by atoms with van der Waals surface area (Å²) in [6.45, 7) is 19.1. The molecule has 1 saturated heterocycles. The number of carbonyl (C=O) groups is 1. The molecule has 0 aromatic heterocycles. The minimum atomic E-state index is -1.60. The lowest BCUT2D eigenvalue weighted by molar-refractivity contribution is -0.120. The van der Waals surface area contributed by atoms with Gasteiger partial charge in [0.2, 0.25) is 4.33 Å². The van der Waals surface area contributed by atoms with Crippen LogP contribution in [0.4, 0.5) is 0 Å². The van der Waals surface area contributed by atoms with Gasteiger partial charge in [0.05, 0.1) is 12.1 Å². The van der Waals surface area contributed by atoms with Crippen molar-refractivity contribution in [1.82, 2.24) is 5.32 Å². The van der Waals surface area contributed by atoms with Gasteiger partial charge in [-0.2, -0.15) is 0 Å². The second-order valence-electron chi connectivity index (χ2n) is 9.34. The molecular weight excluding hydrogens is 417 g/mol.